The van der Waals surface area contributed by atoms with Gasteiger partial charge in [-0.25, -0.2) is 19.2 Å². The Labute approximate surface area is 252 Å². The standard InChI is InChI=1S/C29H57N5O8/c1-7-10-20-39-25(35)31-16-18-34(19-17-32-26(36)40-21-11-8-2)23-24(33-28(38)41-22-12-9-3)14-13-15-30-27(37)42-29(4,5)6/h24H,7-23H2,1-6H3,(H,30,37)(H,31,35)(H,32,36)(H,33,38). The summed E-state index contributed by atoms with van der Waals surface area (Å²) >= 11 is 0. The van der Waals surface area contributed by atoms with Crippen LogP contribution in [0.4, 0.5) is 19.2 Å². The lowest BCUT2D eigenvalue weighted by Crippen LogP contribution is -2.48. The molecule has 42 heavy (non-hydrogen) atoms. The summed E-state index contributed by atoms with van der Waals surface area (Å²) in [6.07, 6.45) is 4.28. The Balaban J connectivity index is 5.18. The molecule has 0 rings (SSSR count). The highest BCUT2D eigenvalue weighted by molar-refractivity contribution is 5.68. The van der Waals surface area contributed by atoms with E-state index in [2.05, 4.69) is 21.3 Å². The second kappa shape index (κ2) is 24.6. The molecule has 13 nitrogen and oxygen atoms in total. The van der Waals surface area contributed by atoms with Gasteiger partial charge in [0, 0.05) is 45.3 Å². The average Bonchev–Trinajstić information content (AvgIpc) is 2.90. The first-order valence-corrected chi connectivity index (χ1v) is 15.4. The first kappa shape index (κ1) is 39.0. The minimum atomic E-state index is -0.593. The maximum Gasteiger partial charge on any atom is 0.407 e. The fraction of sp³-hybridized carbons (Fsp3) is 0.862. The van der Waals surface area contributed by atoms with Gasteiger partial charge < -0.3 is 40.2 Å². The van der Waals surface area contributed by atoms with Crippen molar-refractivity contribution >= 4 is 24.4 Å². The van der Waals surface area contributed by atoms with Crippen molar-refractivity contribution in [2.75, 3.05) is 59.1 Å². The van der Waals surface area contributed by atoms with Crippen LogP contribution in [0.25, 0.3) is 0 Å². The lowest BCUT2D eigenvalue weighted by Gasteiger charge is -2.28. The maximum atomic E-state index is 12.5. The number of carbonyl (C=O) groups excluding carboxylic acids is 4. The summed E-state index contributed by atoms with van der Waals surface area (Å²) < 4.78 is 20.9. The van der Waals surface area contributed by atoms with E-state index in [1.165, 1.54) is 0 Å². The van der Waals surface area contributed by atoms with Crippen LogP contribution in [0.1, 0.15) is 92.9 Å². The van der Waals surface area contributed by atoms with Crippen LogP contribution in [0.3, 0.4) is 0 Å². The van der Waals surface area contributed by atoms with Crippen LogP contribution in [-0.4, -0.2) is 100 Å². The van der Waals surface area contributed by atoms with E-state index in [-0.39, 0.29) is 6.04 Å². The Bertz CT molecular complexity index is 720. The van der Waals surface area contributed by atoms with E-state index in [0.717, 1.165) is 38.5 Å². The Morgan fingerprint density at radius 1 is 0.643 bits per heavy atom. The van der Waals surface area contributed by atoms with E-state index in [1.54, 1.807) is 20.8 Å². The summed E-state index contributed by atoms with van der Waals surface area (Å²) in [6, 6.07) is -0.312. The zero-order valence-corrected chi connectivity index (χ0v) is 26.8. The second-order valence-electron chi connectivity index (χ2n) is 11.0. The molecule has 0 radical (unpaired) electrons. The second-order valence-corrected chi connectivity index (χ2v) is 11.0. The predicted molar refractivity (Wildman–Crippen MR) is 162 cm³/mol. The van der Waals surface area contributed by atoms with Gasteiger partial charge in [-0.05, 0) is 52.9 Å². The number of amides is 4. The molecule has 0 bridgehead atoms. The molecule has 1 atom stereocenters. The van der Waals surface area contributed by atoms with Crippen LogP contribution < -0.4 is 21.3 Å². The van der Waals surface area contributed by atoms with E-state index in [1.807, 2.05) is 25.7 Å². The zero-order chi connectivity index (χ0) is 31.6. The fourth-order valence-corrected chi connectivity index (χ4v) is 3.54. The van der Waals surface area contributed by atoms with Crippen LogP contribution in [-0.2, 0) is 18.9 Å². The molecule has 0 aliphatic heterocycles. The third-order valence-electron chi connectivity index (χ3n) is 5.79. The van der Waals surface area contributed by atoms with Crippen molar-refractivity contribution in [3.05, 3.63) is 0 Å². The smallest absolute Gasteiger partial charge is 0.407 e. The molecule has 0 aromatic heterocycles. The van der Waals surface area contributed by atoms with Gasteiger partial charge in [-0.1, -0.05) is 40.0 Å². The summed E-state index contributed by atoms with van der Waals surface area (Å²) in [5.41, 5.74) is -0.593. The summed E-state index contributed by atoms with van der Waals surface area (Å²) in [5, 5.41) is 11.2. The fourth-order valence-electron chi connectivity index (χ4n) is 3.54. The molecule has 0 aromatic carbocycles. The van der Waals surface area contributed by atoms with Crippen molar-refractivity contribution in [2.24, 2.45) is 0 Å². The Kier molecular flexibility index (Phi) is 22.9. The normalized spacial score (nSPS) is 11.8. The van der Waals surface area contributed by atoms with E-state index in [9.17, 15) is 19.2 Å². The number of hydrogen-bond donors (Lipinski definition) is 4. The van der Waals surface area contributed by atoms with Crippen molar-refractivity contribution in [1.29, 1.82) is 0 Å². The molecule has 0 heterocycles. The average molecular weight is 604 g/mol. The number of nitrogens with one attached hydrogen (secondary N) is 4. The molecular weight excluding hydrogens is 546 g/mol. The number of nitrogens with zero attached hydrogens (tertiary/aromatic N) is 1. The molecule has 13 heteroatoms. The van der Waals surface area contributed by atoms with Crippen LogP contribution >= 0.6 is 0 Å². The summed E-state index contributed by atoms with van der Waals surface area (Å²) in [6.45, 7) is 14.8. The molecule has 0 saturated heterocycles. The van der Waals surface area contributed by atoms with Crippen molar-refractivity contribution in [1.82, 2.24) is 26.2 Å². The van der Waals surface area contributed by atoms with E-state index in [4.69, 9.17) is 18.9 Å². The highest BCUT2D eigenvalue weighted by Gasteiger charge is 2.19. The molecule has 0 fully saturated rings. The zero-order valence-electron chi connectivity index (χ0n) is 26.8. The Hall–Kier alpha value is -2.96. The number of rotatable bonds is 22. The summed E-state index contributed by atoms with van der Waals surface area (Å²) in [4.78, 5) is 50.5. The van der Waals surface area contributed by atoms with Gasteiger partial charge in [0.25, 0.3) is 0 Å². The third-order valence-corrected chi connectivity index (χ3v) is 5.79. The quantitative estimate of drug-likeness (QED) is 0.103. The monoisotopic (exact) mass is 603 g/mol. The van der Waals surface area contributed by atoms with Gasteiger partial charge in [0.05, 0.1) is 19.8 Å². The minimum Gasteiger partial charge on any atom is -0.450 e. The van der Waals surface area contributed by atoms with Crippen molar-refractivity contribution in [2.45, 2.75) is 105 Å². The van der Waals surface area contributed by atoms with Crippen LogP contribution in [0.5, 0.6) is 0 Å². The van der Waals surface area contributed by atoms with Gasteiger partial charge in [-0.3, -0.25) is 4.90 Å². The van der Waals surface area contributed by atoms with Gasteiger partial charge in [-0.15, -0.1) is 0 Å². The highest BCUT2D eigenvalue weighted by atomic mass is 16.6. The van der Waals surface area contributed by atoms with Gasteiger partial charge in [-0.2, -0.15) is 0 Å². The first-order valence-electron chi connectivity index (χ1n) is 15.4. The summed E-state index contributed by atoms with van der Waals surface area (Å²) in [7, 11) is 0. The maximum absolute atomic E-state index is 12.5. The van der Waals surface area contributed by atoms with Crippen molar-refractivity contribution in [3.8, 4) is 0 Å². The van der Waals surface area contributed by atoms with Crippen molar-refractivity contribution in [3.63, 3.8) is 0 Å². The number of unbranched alkanes of at least 4 members (excludes halogenated alkanes) is 3. The number of alkyl carbamates (subject to hydrolysis) is 4. The van der Waals surface area contributed by atoms with Gasteiger partial charge in [0.1, 0.15) is 5.60 Å². The predicted octanol–water partition coefficient (Wildman–Crippen LogP) is 4.54. The molecule has 246 valence electrons. The SMILES string of the molecule is CCCCOC(=O)NCCN(CCNC(=O)OCCCC)CC(CCCNC(=O)OC(C)(C)C)NC(=O)OCCCC. The molecule has 4 amide bonds. The largest absolute Gasteiger partial charge is 0.450 e. The third kappa shape index (κ3) is 24.8. The number of ether oxygens (including phenoxy) is 4. The van der Waals surface area contributed by atoms with E-state index >= 15 is 0 Å². The molecule has 0 aliphatic rings. The first-order chi connectivity index (χ1) is 20.0. The molecule has 1 unspecified atom stereocenters. The molecule has 0 aliphatic carbocycles. The summed E-state index contributed by atoms with van der Waals surface area (Å²) in [5.74, 6) is 0. The number of hydrogen-bond acceptors (Lipinski definition) is 9. The van der Waals surface area contributed by atoms with Gasteiger partial charge >= 0.3 is 24.4 Å². The lowest BCUT2D eigenvalue weighted by molar-refractivity contribution is 0.0525. The van der Waals surface area contributed by atoms with E-state index in [0.29, 0.717) is 71.9 Å². The van der Waals surface area contributed by atoms with Gasteiger partial charge in [0.2, 0.25) is 0 Å². The van der Waals surface area contributed by atoms with Crippen LogP contribution in [0.2, 0.25) is 0 Å². The Morgan fingerprint density at radius 3 is 1.55 bits per heavy atom. The topological polar surface area (TPSA) is 157 Å². The van der Waals surface area contributed by atoms with Crippen LogP contribution in [0, 0.1) is 0 Å². The van der Waals surface area contributed by atoms with E-state index < -0.39 is 30.0 Å². The molecule has 0 aromatic rings. The van der Waals surface area contributed by atoms with Gasteiger partial charge in [0.15, 0.2) is 0 Å². The Morgan fingerprint density at radius 2 is 1.10 bits per heavy atom. The van der Waals surface area contributed by atoms with Crippen molar-refractivity contribution < 1.29 is 38.1 Å². The molecule has 0 saturated carbocycles. The van der Waals surface area contributed by atoms with Crippen LogP contribution in [0.15, 0.2) is 0 Å². The highest BCUT2D eigenvalue weighted by Crippen LogP contribution is 2.07. The minimum absolute atomic E-state index is 0.312. The molecule has 4 N–H and O–H groups in total. The number of carbonyl (C=O) groups is 4. The lowest BCUT2D eigenvalue weighted by atomic mass is 10.1. The molecular formula is C29H57N5O8. The molecule has 0 spiro atoms.